The van der Waals surface area contributed by atoms with Crippen molar-refractivity contribution in [1.29, 1.82) is 0 Å². The van der Waals surface area contributed by atoms with Crippen LogP contribution in [0.15, 0.2) is 0 Å². The van der Waals surface area contributed by atoms with Gasteiger partial charge in [-0.15, -0.1) is 0 Å². The molecule has 0 aromatic rings. The second kappa shape index (κ2) is 9.04. The third-order valence-corrected chi connectivity index (χ3v) is 5.81. The van der Waals surface area contributed by atoms with Crippen LogP contribution in [0.25, 0.3) is 0 Å². The summed E-state index contributed by atoms with van der Waals surface area (Å²) in [7, 11) is 0. The Bertz CT molecular complexity index is 255. The molecule has 0 bridgehead atoms. The number of hydrogen-bond donors (Lipinski definition) is 0. The predicted octanol–water partition coefficient (Wildman–Crippen LogP) is 1.46. The van der Waals surface area contributed by atoms with E-state index in [9.17, 15) is 0 Å². The van der Waals surface area contributed by atoms with Crippen molar-refractivity contribution < 1.29 is 38.6 Å². The number of rotatable bonds is 4. The van der Waals surface area contributed by atoms with Gasteiger partial charge in [0.05, 0.1) is 17.9 Å². The molecule has 0 unspecified atom stereocenters. The molecule has 0 N–H and O–H groups in total. The van der Waals surface area contributed by atoms with Gasteiger partial charge in [0.25, 0.3) is 0 Å². The van der Waals surface area contributed by atoms with E-state index in [0.717, 1.165) is 25.7 Å². The van der Waals surface area contributed by atoms with Crippen molar-refractivity contribution in [1.82, 2.24) is 0 Å². The molecule has 0 aromatic carbocycles. The standard InChI is InChI=1S/C12H23O2PS2.Na/c16-15(17,13-11-7-3-1-4-8-11)14-12-9-5-2-6-10-12;/h11-12H,1-10H2,(H,16,17);/q;+1/p-1. The van der Waals surface area contributed by atoms with Crippen molar-refractivity contribution in [2.45, 2.75) is 76.4 Å². The van der Waals surface area contributed by atoms with Crippen LogP contribution >= 0.6 is 5.69 Å². The maximum Gasteiger partial charge on any atom is 1.00 e. The van der Waals surface area contributed by atoms with Crippen molar-refractivity contribution in [2.24, 2.45) is 0 Å². The van der Waals surface area contributed by atoms with Crippen LogP contribution in [-0.4, -0.2) is 12.2 Å². The van der Waals surface area contributed by atoms with E-state index in [4.69, 9.17) is 33.1 Å². The monoisotopic (exact) mass is 316 g/mol. The first-order valence-corrected chi connectivity index (χ1v) is 10.5. The fourth-order valence-electron chi connectivity index (χ4n) is 2.73. The molecule has 0 amide bonds. The smallest absolute Gasteiger partial charge is 0.691 e. The maximum atomic E-state index is 5.90. The quantitative estimate of drug-likeness (QED) is 0.444. The summed E-state index contributed by atoms with van der Waals surface area (Å²) in [5.74, 6) is 0. The molecule has 0 heterocycles. The minimum absolute atomic E-state index is 0. The fourth-order valence-corrected chi connectivity index (χ4v) is 5.39. The van der Waals surface area contributed by atoms with Crippen molar-refractivity contribution in [3.63, 3.8) is 0 Å². The van der Waals surface area contributed by atoms with Crippen LogP contribution in [0.4, 0.5) is 0 Å². The largest absolute Gasteiger partial charge is 1.00 e. The van der Waals surface area contributed by atoms with E-state index < -0.39 is 5.69 Å². The van der Waals surface area contributed by atoms with Gasteiger partial charge in [0.1, 0.15) is 0 Å². The average Bonchev–Trinajstić information content (AvgIpc) is 2.30. The Hall–Kier alpha value is 1.92. The van der Waals surface area contributed by atoms with Crippen LogP contribution in [0, 0.1) is 0 Å². The zero-order valence-electron chi connectivity index (χ0n) is 11.3. The van der Waals surface area contributed by atoms with Gasteiger partial charge in [-0.3, -0.25) is 0 Å². The molecule has 18 heavy (non-hydrogen) atoms. The summed E-state index contributed by atoms with van der Waals surface area (Å²) in [4.78, 5) is 0. The Labute approximate surface area is 144 Å². The van der Waals surface area contributed by atoms with Gasteiger partial charge < -0.3 is 21.3 Å². The van der Waals surface area contributed by atoms with Gasteiger partial charge in [0.15, 0.2) is 0 Å². The molecule has 0 radical (unpaired) electrons. The van der Waals surface area contributed by atoms with E-state index in [1.807, 2.05) is 0 Å². The Morgan fingerprint density at radius 2 is 1.11 bits per heavy atom. The van der Waals surface area contributed by atoms with Crippen molar-refractivity contribution in [2.75, 3.05) is 0 Å². The normalized spacial score (nSPS) is 23.6. The van der Waals surface area contributed by atoms with E-state index in [0.29, 0.717) is 0 Å². The SMILES string of the molecule is S=P([S-])(OC1CCCCC1)OC1CCCCC1.[Na+]. The summed E-state index contributed by atoms with van der Waals surface area (Å²) >= 11 is 10.8. The van der Waals surface area contributed by atoms with Gasteiger partial charge in [0.2, 0.25) is 0 Å². The molecular weight excluding hydrogens is 294 g/mol. The molecule has 2 aliphatic carbocycles. The first-order valence-electron chi connectivity index (χ1n) is 6.83. The van der Waals surface area contributed by atoms with Crippen molar-refractivity contribution >= 4 is 29.7 Å². The third-order valence-electron chi connectivity index (χ3n) is 3.66. The molecule has 2 fully saturated rings. The zero-order valence-corrected chi connectivity index (χ0v) is 15.8. The van der Waals surface area contributed by atoms with Crippen LogP contribution in [-0.2, 0) is 33.1 Å². The van der Waals surface area contributed by atoms with Gasteiger partial charge in [-0.1, -0.05) is 50.3 Å². The van der Waals surface area contributed by atoms with Gasteiger partial charge in [0, 0.05) is 0 Å². The second-order valence-electron chi connectivity index (χ2n) is 5.18. The molecular formula is C12H22NaO2PS2. The predicted molar refractivity (Wildman–Crippen MR) is 77.6 cm³/mol. The van der Waals surface area contributed by atoms with E-state index in [-0.39, 0.29) is 41.8 Å². The fraction of sp³-hybridized carbons (Fsp3) is 1.00. The van der Waals surface area contributed by atoms with Gasteiger partial charge in [-0.2, -0.15) is 0 Å². The van der Waals surface area contributed by atoms with E-state index in [1.165, 1.54) is 38.5 Å². The Morgan fingerprint density at radius 3 is 1.44 bits per heavy atom. The topological polar surface area (TPSA) is 18.5 Å². The van der Waals surface area contributed by atoms with Crippen LogP contribution < -0.4 is 29.6 Å². The molecule has 2 nitrogen and oxygen atoms in total. The van der Waals surface area contributed by atoms with Gasteiger partial charge >= 0.3 is 29.6 Å². The second-order valence-corrected chi connectivity index (χ2v) is 10.1. The average molecular weight is 316 g/mol. The van der Waals surface area contributed by atoms with E-state index in [2.05, 4.69) is 0 Å². The minimum Gasteiger partial charge on any atom is -0.691 e. The van der Waals surface area contributed by atoms with Crippen molar-refractivity contribution in [3.8, 4) is 0 Å². The first-order chi connectivity index (χ1) is 8.16. The van der Waals surface area contributed by atoms with Crippen LogP contribution in [0.1, 0.15) is 64.2 Å². The summed E-state index contributed by atoms with van der Waals surface area (Å²) in [6, 6.07) is 0. The first kappa shape index (κ1) is 18.0. The summed E-state index contributed by atoms with van der Waals surface area (Å²) in [5, 5.41) is 0. The molecule has 2 rings (SSSR count). The summed E-state index contributed by atoms with van der Waals surface area (Å²) in [5.41, 5.74) is -2.41. The molecule has 0 atom stereocenters. The third kappa shape index (κ3) is 6.58. The Balaban J connectivity index is 0.00000162. The summed E-state index contributed by atoms with van der Waals surface area (Å²) < 4.78 is 11.8. The van der Waals surface area contributed by atoms with E-state index in [1.54, 1.807) is 0 Å². The van der Waals surface area contributed by atoms with Gasteiger partial charge in [-0.05, 0) is 25.7 Å². The van der Waals surface area contributed by atoms with Crippen LogP contribution in [0.5, 0.6) is 0 Å². The zero-order chi connectivity index (χ0) is 12.1. The Kier molecular flexibility index (Phi) is 9.03. The van der Waals surface area contributed by atoms with Crippen LogP contribution in [0.2, 0.25) is 0 Å². The molecule has 2 aliphatic rings. The summed E-state index contributed by atoms with van der Waals surface area (Å²) in [6.45, 7) is 0. The molecule has 0 aliphatic heterocycles. The van der Waals surface area contributed by atoms with Crippen molar-refractivity contribution in [3.05, 3.63) is 0 Å². The summed E-state index contributed by atoms with van der Waals surface area (Å²) in [6.07, 6.45) is 12.6. The Morgan fingerprint density at radius 1 is 0.778 bits per heavy atom. The van der Waals surface area contributed by atoms with E-state index >= 15 is 0 Å². The van der Waals surface area contributed by atoms with Crippen LogP contribution in [0.3, 0.4) is 0 Å². The molecule has 6 heteroatoms. The molecule has 0 saturated heterocycles. The molecule has 2 saturated carbocycles. The minimum atomic E-state index is -2.41. The molecule has 100 valence electrons. The molecule has 0 spiro atoms. The molecule has 0 aromatic heterocycles. The van der Waals surface area contributed by atoms with Gasteiger partial charge in [-0.25, -0.2) is 0 Å². The number of hydrogen-bond acceptors (Lipinski definition) is 4. The maximum absolute atomic E-state index is 5.90.